The lowest BCUT2D eigenvalue weighted by Crippen LogP contribution is -2.33. The molecule has 1 rings (SSSR count). The first kappa shape index (κ1) is 15.6. The Morgan fingerprint density at radius 2 is 2.00 bits per heavy atom. The highest BCUT2D eigenvalue weighted by molar-refractivity contribution is 5.91. The van der Waals surface area contributed by atoms with E-state index in [0.717, 1.165) is 37.8 Å². The van der Waals surface area contributed by atoms with Gasteiger partial charge in [-0.1, -0.05) is 27.2 Å². The van der Waals surface area contributed by atoms with Crippen molar-refractivity contribution in [1.82, 2.24) is 9.97 Å². The Hall–Kier alpha value is -1.45. The Morgan fingerprint density at radius 3 is 2.63 bits per heavy atom. The van der Waals surface area contributed by atoms with Crippen LogP contribution in [0.1, 0.15) is 58.6 Å². The zero-order chi connectivity index (χ0) is 14.1. The lowest BCUT2D eigenvalue weighted by atomic mass is 10.2. The summed E-state index contributed by atoms with van der Waals surface area (Å²) in [6, 6.07) is 1.94. The highest BCUT2D eigenvalue weighted by atomic mass is 16.2. The summed E-state index contributed by atoms with van der Waals surface area (Å²) >= 11 is 0. The number of carbonyl (C=O) groups excluding carboxylic acids is 1. The minimum absolute atomic E-state index is 0.122. The number of unbranched alkanes of at least 4 members (excludes halogenated alkanes) is 1. The van der Waals surface area contributed by atoms with Crippen molar-refractivity contribution in [2.75, 3.05) is 11.4 Å². The molecule has 0 aliphatic rings. The van der Waals surface area contributed by atoms with Gasteiger partial charge in [0.1, 0.15) is 0 Å². The summed E-state index contributed by atoms with van der Waals surface area (Å²) in [7, 11) is 0. The van der Waals surface area contributed by atoms with Crippen LogP contribution in [0.4, 0.5) is 5.95 Å². The SMILES string of the molecule is CCCCc1ccnc(N(CCC)C(=O)CCC)n1. The van der Waals surface area contributed by atoms with Crippen LogP contribution >= 0.6 is 0 Å². The number of aryl methyl sites for hydroxylation is 1. The molecule has 0 aliphatic heterocycles. The molecule has 0 N–H and O–H groups in total. The van der Waals surface area contributed by atoms with Crippen molar-refractivity contribution in [3.8, 4) is 0 Å². The Morgan fingerprint density at radius 1 is 1.21 bits per heavy atom. The van der Waals surface area contributed by atoms with E-state index in [4.69, 9.17) is 0 Å². The molecule has 0 aliphatic carbocycles. The van der Waals surface area contributed by atoms with Gasteiger partial charge in [0.15, 0.2) is 0 Å². The fraction of sp³-hybridized carbons (Fsp3) is 0.667. The normalized spacial score (nSPS) is 10.5. The van der Waals surface area contributed by atoms with Gasteiger partial charge < -0.3 is 0 Å². The third-order valence-electron chi connectivity index (χ3n) is 2.94. The van der Waals surface area contributed by atoms with Crippen molar-refractivity contribution in [3.63, 3.8) is 0 Å². The molecule has 106 valence electrons. The van der Waals surface area contributed by atoms with Crippen LogP contribution in [0.25, 0.3) is 0 Å². The number of rotatable bonds is 8. The first-order chi connectivity index (χ1) is 9.22. The summed E-state index contributed by atoms with van der Waals surface area (Å²) in [5.74, 6) is 0.686. The van der Waals surface area contributed by atoms with E-state index in [2.05, 4.69) is 23.8 Å². The average Bonchev–Trinajstić information content (AvgIpc) is 2.43. The van der Waals surface area contributed by atoms with Gasteiger partial charge in [-0.3, -0.25) is 9.69 Å². The molecule has 1 aromatic heterocycles. The molecular formula is C15H25N3O. The minimum atomic E-state index is 0.122. The summed E-state index contributed by atoms with van der Waals surface area (Å²) in [6.45, 7) is 6.93. The van der Waals surface area contributed by atoms with Gasteiger partial charge in [-0.05, 0) is 31.7 Å². The summed E-state index contributed by atoms with van der Waals surface area (Å²) in [5, 5.41) is 0. The summed E-state index contributed by atoms with van der Waals surface area (Å²) in [5.41, 5.74) is 1.03. The van der Waals surface area contributed by atoms with Crippen LogP contribution in [-0.2, 0) is 11.2 Å². The molecule has 4 nitrogen and oxygen atoms in total. The standard InChI is InChI=1S/C15H25N3O/c1-4-7-9-13-10-11-16-15(17-13)18(12-6-3)14(19)8-5-2/h10-11H,4-9,12H2,1-3H3. The third-order valence-corrected chi connectivity index (χ3v) is 2.94. The average molecular weight is 263 g/mol. The fourth-order valence-electron chi connectivity index (χ4n) is 1.92. The van der Waals surface area contributed by atoms with E-state index >= 15 is 0 Å². The van der Waals surface area contributed by atoms with E-state index in [1.54, 1.807) is 11.1 Å². The fourth-order valence-corrected chi connectivity index (χ4v) is 1.92. The second-order valence-corrected chi connectivity index (χ2v) is 4.75. The lowest BCUT2D eigenvalue weighted by molar-refractivity contribution is -0.118. The van der Waals surface area contributed by atoms with E-state index in [1.807, 2.05) is 13.0 Å². The summed E-state index contributed by atoms with van der Waals surface area (Å²) in [4.78, 5) is 22.6. The Kier molecular flexibility index (Phi) is 7.08. The van der Waals surface area contributed by atoms with Crippen LogP contribution in [0.2, 0.25) is 0 Å². The zero-order valence-electron chi connectivity index (χ0n) is 12.4. The third kappa shape index (κ3) is 4.97. The predicted molar refractivity (Wildman–Crippen MR) is 78.2 cm³/mol. The maximum atomic E-state index is 12.1. The Balaban J connectivity index is 2.85. The molecule has 4 heteroatoms. The van der Waals surface area contributed by atoms with Gasteiger partial charge in [-0.15, -0.1) is 0 Å². The van der Waals surface area contributed by atoms with Gasteiger partial charge in [0, 0.05) is 24.9 Å². The smallest absolute Gasteiger partial charge is 0.232 e. The Labute approximate surface area is 116 Å². The van der Waals surface area contributed by atoms with Gasteiger partial charge in [0.25, 0.3) is 0 Å². The number of hydrogen-bond acceptors (Lipinski definition) is 3. The molecular weight excluding hydrogens is 238 g/mol. The highest BCUT2D eigenvalue weighted by Gasteiger charge is 2.16. The molecule has 0 aromatic carbocycles. The van der Waals surface area contributed by atoms with Gasteiger partial charge in [-0.25, -0.2) is 9.97 Å². The van der Waals surface area contributed by atoms with E-state index in [-0.39, 0.29) is 5.91 Å². The van der Waals surface area contributed by atoms with Crippen LogP contribution in [0.15, 0.2) is 12.3 Å². The highest BCUT2D eigenvalue weighted by Crippen LogP contribution is 2.12. The summed E-state index contributed by atoms with van der Waals surface area (Å²) < 4.78 is 0. The number of nitrogens with zero attached hydrogens (tertiary/aromatic N) is 3. The van der Waals surface area contributed by atoms with Gasteiger partial charge in [-0.2, -0.15) is 0 Å². The first-order valence-electron chi connectivity index (χ1n) is 7.35. The number of carbonyl (C=O) groups is 1. The van der Waals surface area contributed by atoms with Crippen molar-refractivity contribution in [3.05, 3.63) is 18.0 Å². The molecule has 1 amide bonds. The van der Waals surface area contributed by atoms with Crippen molar-refractivity contribution >= 4 is 11.9 Å². The second kappa shape index (κ2) is 8.62. The Bertz CT molecular complexity index is 393. The zero-order valence-corrected chi connectivity index (χ0v) is 12.4. The number of hydrogen-bond donors (Lipinski definition) is 0. The number of aromatic nitrogens is 2. The van der Waals surface area contributed by atoms with Gasteiger partial charge in [0.05, 0.1) is 0 Å². The van der Waals surface area contributed by atoms with Crippen LogP contribution in [0.3, 0.4) is 0 Å². The van der Waals surface area contributed by atoms with E-state index in [1.165, 1.54) is 0 Å². The molecule has 0 unspecified atom stereocenters. The first-order valence-corrected chi connectivity index (χ1v) is 7.35. The molecule has 0 spiro atoms. The van der Waals surface area contributed by atoms with Crippen LogP contribution in [0.5, 0.6) is 0 Å². The molecule has 0 bridgehead atoms. The van der Waals surface area contributed by atoms with Crippen LogP contribution < -0.4 is 4.90 Å². The monoisotopic (exact) mass is 263 g/mol. The summed E-state index contributed by atoms with van der Waals surface area (Å²) in [6.07, 6.45) is 7.30. The number of amides is 1. The maximum absolute atomic E-state index is 12.1. The van der Waals surface area contributed by atoms with E-state index in [9.17, 15) is 4.79 Å². The van der Waals surface area contributed by atoms with Crippen LogP contribution in [-0.4, -0.2) is 22.4 Å². The van der Waals surface area contributed by atoms with Crippen molar-refractivity contribution in [2.24, 2.45) is 0 Å². The van der Waals surface area contributed by atoms with Crippen molar-refractivity contribution in [1.29, 1.82) is 0 Å². The van der Waals surface area contributed by atoms with Crippen LogP contribution in [0, 0.1) is 0 Å². The minimum Gasteiger partial charge on any atom is -0.281 e. The maximum Gasteiger partial charge on any atom is 0.232 e. The largest absolute Gasteiger partial charge is 0.281 e. The molecule has 19 heavy (non-hydrogen) atoms. The van der Waals surface area contributed by atoms with E-state index in [0.29, 0.717) is 18.9 Å². The van der Waals surface area contributed by atoms with Crippen molar-refractivity contribution in [2.45, 2.75) is 59.3 Å². The molecule has 0 atom stereocenters. The van der Waals surface area contributed by atoms with Crippen molar-refractivity contribution < 1.29 is 4.79 Å². The predicted octanol–water partition coefficient (Wildman–Crippen LogP) is 3.36. The number of anilines is 1. The quantitative estimate of drug-likeness (QED) is 0.722. The lowest BCUT2D eigenvalue weighted by Gasteiger charge is -2.20. The second-order valence-electron chi connectivity index (χ2n) is 4.75. The topological polar surface area (TPSA) is 46.1 Å². The molecule has 0 saturated heterocycles. The molecule has 0 radical (unpaired) electrons. The van der Waals surface area contributed by atoms with Gasteiger partial charge in [0.2, 0.25) is 11.9 Å². The molecule has 1 heterocycles. The van der Waals surface area contributed by atoms with Gasteiger partial charge >= 0.3 is 0 Å². The molecule has 0 fully saturated rings. The molecule has 0 saturated carbocycles. The van der Waals surface area contributed by atoms with E-state index < -0.39 is 0 Å². The molecule has 1 aromatic rings.